The van der Waals surface area contributed by atoms with Gasteiger partial charge in [0.25, 0.3) is 5.91 Å². The van der Waals surface area contributed by atoms with Crippen LogP contribution in [-0.2, 0) is 16.2 Å². The summed E-state index contributed by atoms with van der Waals surface area (Å²) in [6.45, 7) is 5.16. The van der Waals surface area contributed by atoms with Crippen LogP contribution in [0.25, 0.3) is 0 Å². The van der Waals surface area contributed by atoms with Crippen molar-refractivity contribution in [1.82, 2.24) is 4.31 Å². The van der Waals surface area contributed by atoms with Crippen molar-refractivity contribution in [3.63, 3.8) is 0 Å². The molecule has 1 amide bonds. The van der Waals surface area contributed by atoms with Gasteiger partial charge in [0.2, 0.25) is 10.0 Å². The summed E-state index contributed by atoms with van der Waals surface area (Å²) in [5, 5.41) is 2.32. The summed E-state index contributed by atoms with van der Waals surface area (Å²) in [6.07, 6.45) is -4.57. The molecule has 158 valence electrons. The highest BCUT2D eigenvalue weighted by atomic mass is 35.5. The number of nitrogens with zero attached hydrogens (tertiary/aromatic N) is 1. The Morgan fingerprint density at radius 2 is 1.72 bits per heavy atom. The van der Waals surface area contributed by atoms with E-state index >= 15 is 0 Å². The third-order valence-corrected chi connectivity index (χ3v) is 6.70. The number of alkyl halides is 3. The van der Waals surface area contributed by atoms with E-state index in [4.69, 9.17) is 11.6 Å². The maximum Gasteiger partial charge on any atom is 0.416 e. The summed E-state index contributed by atoms with van der Waals surface area (Å²) in [7, 11) is -3.83. The van der Waals surface area contributed by atoms with Crippen molar-refractivity contribution in [2.45, 2.75) is 31.8 Å². The minimum absolute atomic E-state index is 0.0147. The van der Waals surface area contributed by atoms with Gasteiger partial charge in [-0.1, -0.05) is 31.5 Å². The van der Waals surface area contributed by atoms with Crippen molar-refractivity contribution in [3.05, 3.63) is 58.1 Å². The van der Waals surface area contributed by atoms with Gasteiger partial charge in [0.05, 0.1) is 21.0 Å². The first-order valence-corrected chi connectivity index (χ1v) is 10.5. The maximum atomic E-state index is 13.1. The average molecular weight is 449 g/mol. The van der Waals surface area contributed by atoms with Crippen molar-refractivity contribution < 1.29 is 26.4 Å². The van der Waals surface area contributed by atoms with Crippen LogP contribution in [0.2, 0.25) is 5.02 Å². The zero-order chi connectivity index (χ0) is 22.0. The molecule has 0 aromatic heterocycles. The number of benzene rings is 2. The summed E-state index contributed by atoms with van der Waals surface area (Å²) in [4.78, 5) is 12.5. The van der Waals surface area contributed by atoms with Crippen molar-refractivity contribution in [1.29, 1.82) is 0 Å². The Hall–Kier alpha value is -2.10. The fraction of sp³-hybridized carbons (Fsp3) is 0.316. The smallest absolute Gasteiger partial charge is 0.322 e. The molecular weight excluding hydrogens is 429 g/mol. The van der Waals surface area contributed by atoms with Crippen LogP contribution in [0.15, 0.2) is 41.3 Å². The van der Waals surface area contributed by atoms with Crippen LogP contribution in [0.5, 0.6) is 0 Å². The molecule has 0 bridgehead atoms. The van der Waals surface area contributed by atoms with Gasteiger partial charge in [0.1, 0.15) is 0 Å². The highest BCUT2D eigenvalue weighted by Gasteiger charge is 2.32. The molecule has 29 heavy (non-hydrogen) atoms. The number of hydrogen-bond donors (Lipinski definition) is 1. The molecule has 0 saturated carbocycles. The lowest BCUT2D eigenvalue weighted by Gasteiger charge is -2.19. The molecule has 0 saturated heterocycles. The van der Waals surface area contributed by atoms with Gasteiger partial charge in [-0.15, -0.1) is 0 Å². The molecule has 10 heteroatoms. The predicted octanol–water partition coefficient (Wildman–Crippen LogP) is 4.95. The van der Waals surface area contributed by atoms with Crippen molar-refractivity contribution in [3.8, 4) is 0 Å². The Morgan fingerprint density at radius 1 is 1.10 bits per heavy atom. The van der Waals surface area contributed by atoms with Gasteiger partial charge in [-0.25, -0.2) is 8.42 Å². The van der Waals surface area contributed by atoms with Crippen molar-refractivity contribution in [2.24, 2.45) is 0 Å². The second-order valence-electron chi connectivity index (χ2n) is 6.21. The van der Waals surface area contributed by atoms with E-state index in [9.17, 15) is 26.4 Å². The van der Waals surface area contributed by atoms with E-state index in [-0.39, 0.29) is 39.8 Å². The number of amides is 1. The third kappa shape index (κ3) is 5.09. The molecule has 5 nitrogen and oxygen atoms in total. The largest absolute Gasteiger partial charge is 0.416 e. The molecule has 0 unspecified atom stereocenters. The molecule has 2 aromatic rings. The SMILES string of the molecule is CCN(CC)S(=O)(=O)c1ccc(Cl)c(C(=O)Nc2ccc(C)c(C(F)(F)F)c2)c1. The molecular formula is C19H20ClF3N2O3S. The van der Waals surface area contributed by atoms with Gasteiger partial charge in [-0.2, -0.15) is 17.5 Å². The van der Waals surface area contributed by atoms with Crippen LogP contribution in [0.4, 0.5) is 18.9 Å². The number of hydrogen-bond acceptors (Lipinski definition) is 3. The third-order valence-electron chi connectivity index (χ3n) is 4.33. The fourth-order valence-corrected chi connectivity index (χ4v) is 4.44. The number of anilines is 1. The zero-order valence-corrected chi connectivity index (χ0v) is 17.5. The first-order chi connectivity index (χ1) is 13.4. The summed E-state index contributed by atoms with van der Waals surface area (Å²) in [6, 6.07) is 7.04. The Labute approximate surface area is 172 Å². The molecule has 0 aliphatic carbocycles. The van der Waals surface area contributed by atoms with E-state index in [1.54, 1.807) is 13.8 Å². The van der Waals surface area contributed by atoms with E-state index in [0.29, 0.717) is 0 Å². The van der Waals surface area contributed by atoms with Gasteiger partial charge in [0.15, 0.2) is 0 Å². The zero-order valence-electron chi connectivity index (χ0n) is 16.0. The van der Waals surface area contributed by atoms with Crippen LogP contribution < -0.4 is 5.32 Å². The van der Waals surface area contributed by atoms with E-state index in [1.165, 1.54) is 35.5 Å². The lowest BCUT2D eigenvalue weighted by atomic mass is 10.1. The number of halogens is 4. The summed E-state index contributed by atoms with van der Waals surface area (Å²) < 4.78 is 65.8. The molecule has 0 heterocycles. The normalized spacial score (nSPS) is 12.3. The first kappa shape index (κ1) is 23.2. The number of rotatable bonds is 6. The Kier molecular flexibility index (Phi) is 6.97. The first-order valence-electron chi connectivity index (χ1n) is 8.70. The summed E-state index contributed by atoms with van der Waals surface area (Å²) in [5.74, 6) is -0.816. The van der Waals surface area contributed by atoms with Crippen LogP contribution >= 0.6 is 11.6 Å². The molecule has 0 atom stereocenters. The van der Waals surface area contributed by atoms with Crippen LogP contribution in [0.3, 0.4) is 0 Å². The van der Waals surface area contributed by atoms with Crippen LogP contribution in [-0.4, -0.2) is 31.7 Å². The molecule has 2 aromatic carbocycles. The number of carbonyl (C=O) groups is 1. The van der Waals surface area contributed by atoms with Crippen LogP contribution in [0, 0.1) is 6.92 Å². The lowest BCUT2D eigenvalue weighted by molar-refractivity contribution is -0.138. The summed E-state index contributed by atoms with van der Waals surface area (Å²) in [5.41, 5.74) is -1.10. The minimum Gasteiger partial charge on any atom is -0.322 e. The van der Waals surface area contributed by atoms with Crippen molar-refractivity contribution in [2.75, 3.05) is 18.4 Å². The van der Waals surface area contributed by atoms with Gasteiger partial charge in [-0.3, -0.25) is 4.79 Å². The lowest BCUT2D eigenvalue weighted by Crippen LogP contribution is -2.30. The maximum absolute atomic E-state index is 13.1. The van der Waals surface area contributed by atoms with E-state index in [1.807, 2.05) is 0 Å². The highest BCUT2D eigenvalue weighted by molar-refractivity contribution is 7.89. The quantitative estimate of drug-likeness (QED) is 0.680. The van der Waals surface area contributed by atoms with Gasteiger partial charge >= 0.3 is 6.18 Å². The topological polar surface area (TPSA) is 66.5 Å². The average Bonchev–Trinajstić information content (AvgIpc) is 2.63. The highest BCUT2D eigenvalue weighted by Crippen LogP contribution is 2.33. The van der Waals surface area contributed by atoms with E-state index in [2.05, 4.69) is 5.32 Å². The molecule has 0 radical (unpaired) electrons. The second kappa shape index (κ2) is 8.73. The number of aryl methyl sites for hydroxylation is 1. The molecule has 2 rings (SSSR count). The Bertz CT molecular complexity index is 1020. The number of carbonyl (C=O) groups excluding carboxylic acids is 1. The minimum atomic E-state index is -4.57. The van der Waals surface area contributed by atoms with Gasteiger partial charge in [0, 0.05) is 18.8 Å². The number of nitrogens with one attached hydrogen (secondary N) is 1. The molecule has 0 fully saturated rings. The number of sulfonamides is 1. The van der Waals surface area contributed by atoms with E-state index in [0.717, 1.165) is 12.1 Å². The molecule has 0 aliphatic rings. The monoisotopic (exact) mass is 448 g/mol. The predicted molar refractivity (Wildman–Crippen MR) is 106 cm³/mol. The Balaban J connectivity index is 2.40. The molecule has 1 N–H and O–H groups in total. The molecule has 0 spiro atoms. The van der Waals surface area contributed by atoms with E-state index < -0.39 is 27.7 Å². The van der Waals surface area contributed by atoms with Gasteiger partial charge in [-0.05, 0) is 42.8 Å². The van der Waals surface area contributed by atoms with Crippen molar-refractivity contribution >= 4 is 33.2 Å². The Morgan fingerprint density at radius 3 is 2.28 bits per heavy atom. The molecule has 0 aliphatic heterocycles. The van der Waals surface area contributed by atoms with Crippen LogP contribution in [0.1, 0.15) is 35.3 Å². The second-order valence-corrected chi connectivity index (χ2v) is 8.56. The fourth-order valence-electron chi connectivity index (χ4n) is 2.76. The van der Waals surface area contributed by atoms with Gasteiger partial charge < -0.3 is 5.32 Å². The summed E-state index contributed by atoms with van der Waals surface area (Å²) >= 11 is 6.03. The standard InChI is InChI=1S/C19H20ClF3N2O3S/c1-4-25(5-2)29(27,28)14-8-9-17(20)15(11-14)18(26)24-13-7-6-12(3)16(10-13)19(21,22)23/h6-11H,4-5H2,1-3H3,(H,24,26).